The monoisotopic (exact) mass is 340 g/mol. The van der Waals surface area contributed by atoms with Gasteiger partial charge < -0.3 is 50.0 Å². The van der Waals surface area contributed by atoms with Crippen LogP contribution in [-0.4, -0.2) is 110 Å². The molecule has 0 aromatic carbocycles. The van der Waals surface area contributed by atoms with Crippen molar-refractivity contribution in [3.05, 3.63) is 0 Å². The summed E-state index contributed by atoms with van der Waals surface area (Å²) in [5.74, 6) is -3.40. The minimum Gasteiger partial charge on any atom is -0.394 e. The van der Waals surface area contributed by atoms with Gasteiger partial charge in [-0.3, -0.25) is 4.79 Å². The highest BCUT2D eigenvalue weighted by Crippen LogP contribution is 2.35. The van der Waals surface area contributed by atoms with E-state index in [1.807, 2.05) is 0 Å². The lowest BCUT2D eigenvalue weighted by Gasteiger charge is -2.39. The summed E-state index contributed by atoms with van der Waals surface area (Å²) in [7, 11) is 0. The summed E-state index contributed by atoms with van der Waals surface area (Å²) in [6.45, 7) is -2.43. The Labute approximate surface area is 130 Å². The van der Waals surface area contributed by atoms with Crippen LogP contribution in [0.5, 0.6) is 0 Å². The number of hydrogen-bond acceptors (Lipinski definition) is 11. The van der Waals surface area contributed by atoms with Gasteiger partial charge in [-0.05, 0) is 0 Å². The number of ketones is 1. The van der Waals surface area contributed by atoms with Crippen molar-refractivity contribution >= 4 is 5.78 Å². The first-order valence-electron chi connectivity index (χ1n) is 6.91. The number of carbonyl (C=O) groups excluding carboxylic acids is 1. The Bertz CT molecular complexity index is 431. The van der Waals surface area contributed by atoms with E-state index >= 15 is 0 Å². The molecule has 2 aliphatic heterocycles. The summed E-state index contributed by atoms with van der Waals surface area (Å²) in [5.41, 5.74) is 0. The molecule has 11 heteroatoms. The number of aliphatic hydroxyl groups is 7. The van der Waals surface area contributed by atoms with Gasteiger partial charge in [-0.1, -0.05) is 0 Å². The first-order chi connectivity index (χ1) is 10.8. The summed E-state index contributed by atoms with van der Waals surface area (Å²) in [6.07, 6.45) is -11.5. The van der Waals surface area contributed by atoms with Gasteiger partial charge in [0.05, 0.1) is 13.2 Å². The van der Waals surface area contributed by atoms with Gasteiger partial charge in [0, 0.05) is 0 Å². The second kappa shape index (κ2) is 7.03. The van der Waals surface area contributed by atoms with E-state index in [-0.39, 0.29) is 0 Å². The van der Waals surface area contributed by atoms with E-state index in [1.54, 1.807) is 0 Å². The van der Waals surface area contributed by atoms with Gasteiger partial charge in [-0.15, -0.1) is 0 Å². The minimum absolute atomic E-state index is 0.691. The highest BCUT2D eigenvalue weighted by atomic mass is 16.8. The number of aliphatic hydroxyl groups excluding tert-OH is 7. The van der Waals surface area contributed by atoms with Crippen molar-refractivity contribution in [3.63, 3.8) is 0 Å². The SMILES string of the molecule is O=C1C(O)[C@H](O)C(CO)O[C@@H]1O[C@]1(CO)O[C@@H](CO)C(O)[C@H]1O. The molecule has 3 unspecified atom stereocenters. The maximum absolute atomic E-state index is 11.9. The second-order valence-electron chi connectivity index (χ2n) is 5.39. The molecule has 2 heterocycles. The summed E-state index contributed by atoms with van der Waals surface area (Å²) in [4.78, 5) is 11.9. The third-order valence-corrected chi connectivity index (χ3v) is 3.92. The molecule has 134 valence electrons. The Kier molecular flexibility index (Phi) is 5.68. The Hall–Kier alpha value is -0.730. The molecule has 0 radical (unpaired) electrons. The zero-order chi connectivity index (χ0) is 17.4. The fourth-order valence-electron chi connectivity index (χ4n) is 2.51. The average Bonchev–Trinajstić information content (AvgIpc) is 2.80. The third kappa shape index (κ3) is 3.13. The fraction of sp³-hybridized carbons (Fsp3) is 0.917. The van der Waals surface area contributed by atoms with E-state index in [0.717, 1.165) is 0 Å². The highest BCUT2D eigenvalue weighted by molar-refractivity contribution is 5.87. The number of ether oxygens (including phenoxy) is 3. The molecule has 0 saturated carbocycles. The van der Waals surface area contributed by atoms with E-state index in [2.05, 4.69) is 0 Å². The Morgan fingerprint density at radius 1 is 1.00 bits per heavy atom. The van der Waals surface area contributed by atoms with E-state index in [1.165, 1.54) is 0 Å². The standard InChI is InChI=1S/C12H20O11/c13-1-4-6(16)8(18)9(19)11(21-4)23-12(3-15)10(20)7(17)5(2-14)22-12/h4-8,10-11,13-18,20H,1-3H2/t4?,5-,6+,7?,8?,10+,11+,12-/m0/s1. The summed E-state index contributed by atoms with van der Waals surface area (Å²) in [5, 5.41) is 66.5. The number of Topliss-reactive ketones (excluding diaryl/α,β-unsaturated/α-hetero) is 1. The molecule has 0 spiro atoms. The van der Waals surface area contributed by atoms with Gasteiger partial charge in [-0.2, -0.15) is 0 Å². The highest BCUT2D eigenvalue weighted by Gasteiger charge is 2.58. The Morgan fingerprint density at radius 2 is 1.61 bits per heavy atom. The molecule has 8 atom stereocenters. The topological polar surface area (TPSA) is 186 Å². The summed E-state index contributed by atoms with van der Waals surface area (Å²) >= 11 is 0. The van der Waals surface area contributed by atoms with E-state index in [0.29, 0.717) is 0 Å². The van der Waals surface area contributed by atoms with Crippen LogP contribution in [0.4, 0.5) is 0 Å². The molecule has 7 N–H and O–H groups in total. The van der Waals surface area contributed by atoms with Crippen molar-refractivity contribution in [2.45, 2.75) is 48.7 Å². The zero-order valence-electron chi connectivity index (χ0n) is 11.9. The second-order valence-corrected chi connectivity index (χ2v) is 5.39. The maximum Gasteiger partial charge on any atom is 0.224 e. The fourth-order valence-corrected chi connectivity index (χ4v) is 2.51. The van der Waals surface area contributed by atoms with Gasteiger partial charge in [0.25, 0.3) is 0 Å². The van der Waals surface area contributed by atoms with Gasteiger partial charge in [0.1, 0.15) is 43.2 Å². The number of carbonyl (C=O) groups is 1. The molecule has 0 bridgehead atoms. The van der Waals surface area contributed by atoms with Crippen molar-refractivity contribution < 1.29 is 54.8 Å². The minimum atomic E-state index is -2.28. The van der Waals surface area contributed by atoms with Crippen LogP contribution in [0.1, 0.15) is 0 Å². The van der Waals surface area contributed by atoms with Crippen molar-refractivity contribution in [1.29, 1.82) is 0 Å². The Balaban J connectivity index is 2.20. The predicted octanol–water partition coefficient (Wildman–Crippen LogP) is -5.19. The van der Waals surface area contributed by atoms with Gasteiger partial charge >= 0.3 is 0 Å². The van der Waals surface area contributed by atoms with Crippen LogP contribution < -0.4 is 0 Å². The summed E-state index contributed by atoms with van der Waals surface area (Å²) < 4.78 is 15.2. The molecule has 0 aromatic rings. The maximum atomic E-state index is 11.9. The predicted molar refractivity (Wildman–Crippen MR) is 67.6 cm³/mol. The molecular weight excluding hydrogens is 320 g/mol. The Morgan fingerprint density at radius 3 is 2.09 bits per heavy atom. The van der Waals surface area contributed by atoms with Crippen LogP contribution >= 0.6 is 0 Å². The van der Waals surface area contributed by atoms with Crippen molar-refractivity contribution in [3.8, 4) is 0 Å². The molecule has 11 nitrogen and oxygen atoms in total. The quantitative estimate of drug-likeness (QED) is 0.253. The normalized spacial score (nSPS) is 48.0. The van der Waals surface area contributed by atoms with E-state index in [9.17, 15) is 30.3 Å². The lowest BCUT2D eigenvalue weighted by molar-refractivity contribution is -0.344. The van der Waals surface area contributed by atoms with Crippen LogP contribution in [0.15, 0.2) is 0 Å². The molecule has 2 fully saturated rings. The molecule has 2 saturated heterocycles. The number of rotatable bonds is 5. The number of hydrogen-bond donors (Lipinski definition) is 7. The first-order valence-corrected chi connectivity index (χ1v) is 6.91. The third-order valence-electron chi connectivity index (χ3n) is 3.92. The molecule has 23 heavy (non-hydrogen) atoms. The molecule has 2 aliphatic rings. The van der Waals surface area contributed by atoms with E-state index < -0.39 is 74.3 Å². The molecule has 2 rings (SSSR count). The molecule has 0 aliphatic carbocycles. The largest absolute Gasteiger partial charge is 0.394 e. The first kappa shape index (κ1) is 18.6. The van der Waals surface area contributed by atoms with Crippen molar-refractivity contribution in [2.24, 2.45) is 0 Å². The van der Waals surface area contributed by atoms with Crippen LogP contribution in [0.3, 0.4) is 0 Å². The van der Waals surface area contributed by atoms with Crippen LogP contribution in [0.2, 0.25) is 0 Å². The molecule has 0 aromatic heterocycles. The molecular formula is C12H20O11. The summed E-state index contributed by atoms with van der Waals surface area (Å²) in [6, 6.07) is 0. The van der Waals surface area contributed by atoms with Crippen LogP contribution in [-0.2, 0) is 19.0 Å². The lowest BCUT2D eigenvalue weighted by Crippen LogP contribution is -2.61. The van der Waals surface area contributed by atoms with Gasteiger partial charge in [0.2, 0.25) is 17.9 Å². The van der Waals surface area contributed by atoms with Gasteiger partial charge in [-0.25, -0.2) is 0 Å². The molecule has 0 amide bonds. The van der Waals surface area contributed by atoms with Gasteiger partial charge in [0.15, 0.2) is 0 Å². The average molecular weight is 340 g/mol. The van der Waals surface area contributed by atoms with Crippen molar-refractivity contribution in [1.82, 2.24) is 0 Å². The van der Waals surface area contributed by atoms with Crippen LogP contribution in [0.25, 0.3) is 0 Å². The lowest BCUT2D eigenvalue weighted by atomic mass is 10.00. The smallest absolute Gasteiger partial charge is 0.224 e. The van der Waals surface area contributed by atoms with E-state index in [4.69, 9.17) is 24.4 Å². The zero-order valence-corrected chi connectivity index (χ0v) is 11.9. The van der Waals surface area contributed by atoms with Crippen molar-refractivity contribution in [2.75, 3.05) is 19.8 Å². The van der Waals surface area contributed by atoms with Crippen LogP contribution in [0, 0.1) is 0 Å².